The molecule has 1 fully saturated rings. The zero-order valence-corrected chi connectivity index (χ0v) is 16.9. The zero-order valence-electron chi connectivity index (χ0n) is 16.9. The molecule has 1 saturated heterocycles. The van der Waals surface area contributed by atoms with Crippen molar-refractivity contribution in [2.24, 2.45) is 0 Å². The van der Waals surface area contributed by atoms with Crippen molar-refractivity contribution in [1.29, 1.82) is 0 Å². The fourth-order valence-corrected chi connectivity index (χ4v) is 4.58. The summed E-state index contributed by atoms with van der Waals surface area (Å²) in [7, 11) is 1.65. The third kappa shape index (κ3) is 2.89. The molecule has 1 unspecified atom stereocenters. The van der Waals surface area contributed by atoms with Gasteiger partial charge in [-0.15, -0.1) is 0 Å². The van der Waals surface area contributed by atoms with E-state index in [1.165, 1.54) is 17.7 Å². The summed E-state index contributed by atoms with van der Waals surface area (Å²) in [5.74, 6) is -0.467. The molecular formula is C23H22FN3O3. The molecule has 1 aromatic heterocycles. The number of nitrogens with one attached hydrogen (secondary N) is 1. The lowest BCUT2D eigenvalue weighted by Gasteiger charge is -2.30. The van der Waals surface area contributed by atoms with Crippen LogP contribution in [0, 0.1) is 12.7 Å². The first-order chi connectivity index (χ1) is 14.5. The van der Waals surface area contributed by atoms with Crippen LogP contribution in [0.1, 0.15) is 23.2 Å². The number of methoxy groups -OCH3 is 1. The number of aryl methyl sites for hydroxylation is 1. The summed E-state index contributed by atoms with van der Waals surface area (Å²) in [4.78, 5) is 32.2. The highest BCUT2D eigenvalue weighted by Crippen LogP contribution is 2.34. The molecule has 2 aliphatic heterocycles. The molecule has 1 atom stereocenters. The van der Waals surface area contributed by atoms with Gasteiger partial charge in [0, 0.05) is 29.7 Å². The minimum atomic E-state index is -0.577. The van der Waals surface area contributed by atoms with Crippen LogP contribution in [0.3, 0.4) is 0 Å². The van der Waals surface area contributed by atoms with Crippen molar-refractivity contribution in [2.45, 2.75) is 32.4 Å². The summed E-state index contributed by atoms with van der Waals surface area (Å²) in [5, 5.41) is 1.13. The fourth-order valence-electron chi connectivity index (χ4n) is 4.58. The molecule has 154 valence electrons. The van der Waals surface area contributed by atoms with Gasteiger partial charge < -0.3 is 9.72 Å². The number of anilines is 1. The molecule has 7 heteroatoms. The Labute approximate surface area is 173 Å². The molecule has 0 bridgehead atoms. The fraction of sp³-hybridized carbons (Fsp3) is 0.304. The van der Waals surface area contributed by atoms with Crippen molar-refractivity contribution in [3.8, 4) is 5.75 Å². The van der Waals surface area contributed by atoms with Gasteiger partial charge in [-0.25, -0.2) is 9.29 Å². The van der Waals surface area contributed by atoms with E-state index in [0.717, 1.165) is 39.2 Å². The number of carbonyl (C=O) groups is 2. The molecular weight excluding hydrogens is 385 g/mol. The second-order valence-electron chi connectivity index (χ2n) is 7.96. The Bertz CT molecular complexity index is 1190. The molecule has 2 aliphatic rings. The molecule has 3 aromatic rings. The van der Waals surface area contributed by atoms with Gasteiger partial charge >= 0.3 is 0 Å². The van der Waals surface area contributed by atoms with Crippen LogP contribution in [0.15, 0.2) is 36.4 Å². The Morgan fingerprint density at radius 2 is 2.00 bits per heavy atom. The Hall–Kier alpha value is -3.19. The first kappa shape index (κ1) is 18.8. The van der Waals surface area contributed by atoms with Crippen LogP contribution in [0.4, 0.5) is 10.1 Å². The Morgan fingerprint density at radius 1 is 1.17 bits per heavy atom. The number of hydrogen-bond donors (Lipinski definition) is 1. The number of imide groups is 1. The Kier molecular flexibility index (Phi) is 4.36. The number of H-pyrrole nitrogens is 1. The number of aromatic nitrogens is 1. The summed E-state index contributed by atoms with van der Waals surface area (Å²) in [6.07, 6.45) is 0.828. The van der Waals surface area contributed by atoms with E-state index in [1.54, 1.807) is 20.1 Å². The second kappa shape index (κ2) is 6.95. The number of rotatable bonds is 3. The number of nitrogens with zero attached hydrogens (tertiary/aromatic N) is 2. The smallest absolute Gasteiger partial charge is 0.251 e. The van der Waals surface area contributed by atoms with E-state index in [0.29, 0.717) is 13.1 Å². The maximum atomic E-state index is 14.4. The lowest BCUT2D eigenvalue weighted by atomic mass is 10.0. The van der Waals surface area contributed by atoms with Crippen molar-refractivity contribution < 1.29 is 18.7 Å². The molecule has 1 N–H and O–H groups in total. The highest BCUT2D eigenvalue weighted by Gasteiger charge is 2.44. The van der Waals surface area contributed by atoms with Gasteiger partial charge in [-0.1, -0.05) is 6.07 Å². The molecule has 5 rings (SSSR count). The highest BCUT2D eigenvalue weighted by atomic mass is 19.1. The van der Waals surface area contributed by atoms with E-state index in [4.69, 9.17) is 4.74 Å². The predicted octanol–water partition coefficient (Wildman–Crippen LogP) is 3.31. The Morgan fingerprint density at radius 3 is 2.77 bits per heavy atom. The van der Waals surface area contributed by atoms with Crippen molar-refractivity contribution in [3.63, 3.8) is 0 Å². The quantitative estimate of drug-likeness (QED) is 0.677. The number of ether oxygens (including phenoxy) is 1. The molecule has 0 radical (unpaired) electrons. The third-order valence-electron chi connectivity index (χ3n) is 6.12. The van der Waals surface area contributed by atoms with Crippen molar-refractivity contribution in [2.75, 3.05) is 18.6 Å². The van der Waals surface area contributed by atoms with Crippen LogP contribution in [-0.2, 0) is 22.6 Å². The molecule has 30 heavy (non-hydrogen) atoms. The van der Waals surface area contributed by atoms with E-state index in [9.17, 15) is 14.0 Å². The first-order valence-electron chi connectivity index (χ1n) is 10.0. The Balaban J connectivity index is 1.42. The van der Waals surface area contributed by atoms with Crippen molar-refractivity contribution >= 4 is 28.4 Å². The molecule has 0 saturated carbocycles. The SMILES string of the molecule is COc1ccc2[nH]c3c(c2c1)CCN(C1CC(=O)N(c2ccc(C)cc2F)C1=O)C3. The standard InChI is InChI=1S/C23H22FN3O3/c1-13-3-6-20(17(24)9-13)27-22(28)11-21(23(27)29)26-8-7-15-16-10-14(30-2)4-5-18(16)25-19(15)12-26/h3-6,9-10,21,25H,7-8,11-12H2,1-2H3. The van der Waals surface area contributed by atoms with E-state index >= 15 is 0 Å². The summed E-state index contributed by atoms with van der Waals surface area (Å²) in [5.41, 5.74) is 4.07. The number of benzene rings is 2. The number of fused-ring (bicyclic) bond motifs is 3. The van der Waals surface area contributed by atoms with Gasteiger partial charge in [0.15, 0.2) is 0 Å². The van der Waals surface area contributed by atoms with E-state index in [1.807, 2.05) is 23.1 Å². The van der Waals surface area contributed by atoms with Crippen molar-refractivity contribution in [1.82, 2.24) is 9.88 Å². The molecule has 0 aliphatic carbocycles. The zero-order chi connectivity index (χ0) is 21.0. The van der Waals surface area contributed by atoms with Crippen LogP contribution < -0.4 is 9.64 Å². The number of aromatic amines is 1. The third-order valence-corrected chi connectivity index (χ3v) is 6.12. The van der Waals surface area contributed by atoms with E-state index < -0.39 is 11.9 Å². The average Bonchev–Trinajstić information content (AvgIpc) is 3.24. The summed E-state index contributed by atoms with van der Waals surface area (Å²) in [6.45, 7) is 2.97. The lowest BCUT2D eigenvalue weighted by Crippen LogP contribution is -2.44. The molecule has 3 heterocycles. The number of halogens is 1. The van der Waals surface area contributed by atoms with Gasteiger partial charge in [-0.3, -0.25) is 14.5 Å². The van der Waals surface area contributed by atoms with Crippen LogP contribution in [-0.4, -0.2) is 41.4 Å². The van der Waals surface area contributed by atoms with Gasteiger partial charge in [-0.2, -0.15) is 0 Å². The predicted molar refractivity (Wildman–Crippen MR) is 111 cm³/mol. The minimum absolute atomic E-state index is 0.0357. The molecule has 2 amide bonds. The first-order valence-corrected chi connectivity index (χ1v) is 10.0. The number of hydrogen-bond acceptors (Lipinski definition) is 4. The minimum Gasteiger partial charge on any atom is -0.497 e. The average molecular weight is 407 g/mol. The summed E-state index contributed by atoms with van der Waals surface area (Å²) >= 11 is 0. The molecule has 2 aromatic carbocycles. The van der Waals surface area contributed by atoms with Gasteiger partial charge in [0.05, 0.1) is 25.3 Å². The van der Waals surface area contributed by atoms with Crippen LogP contribution >= 0.6 is 0 Å². The largest absolute Gasteiger partial charge is 0.497 e. The van der Waals surface area contributed by atoms with Gasteiger partial charge in [0.2, 0.25) is 5.91 Å². The van der Waals surface area contributed by atoms with Gasteiger partial charge in [0.25, 0.3) is 5.91 Å². The van der Waals surface area contributed by atoms with Gasteiger partial charge in [0.1, 0.15) is 11.6 Å². The van der Waals surface area contributed by atoms with E-state index in [2.05, 4.69) is 4.98 Å². The maximum Gasteiger partial charge on any atom is 0.251 e. The number of carbonyl (C=O) groups excluding carboxylic acids is 2. The number of amides is 2. The van der Waals surface area contributed by atoms with E-state index in [-0.39, 0.29) is 23.9 Å². The van der Waals surface area contributed by atoms with Crippen LogP contribution in [0.5, 0.6) is 5.75 Å². The summed E-state index contributed by atoms with van der Waals surface area (Å²) in [6, 6.07) is 9.90. The summed E-state index contributed by atoms with van der Waals surface area (Å²) < 4.78 is 19.8. The van der Waals surface area contributed by atoms with Gasteiger partial charge in [-0.05, 0) is 54.8 Å². The normalized spacial score (nSPS) is 19.6. The molecule has 6 nitrogen and oxygen atoms in total. The van der Waals surface area contributed by atoms with Crippen molar-refractivity contribution in [3.05, 3.63) is 59.0 Å². The van der Waals surface area contributed by atoms with Crippen LogP contribution in [0.2, 0.25) is 0 Å². The lowest BCUT2D eigenvalue weighted by molar-refractivity contribution is -0.123. The van der Waals surface area contributed by atoms with Crippen LogP contribution in [0.25, 0.3) is 10.9 Å². The maximum absolute atomic E-state index is 14.4. The second-order valence-corrected chi connectivity index (χ2v) is 7.96. The monoisotopic (exact) mass is 407 g/mol. The topological polar surface area (TPSA) is 65.6 Å². The molecule has 0 spiro atoms. The highest BCUT2D eigenvalue weighted by molar-refractivity contribution is 6.22.